The van der Waals surface area contributed by atoms with E-state index in [4.69, 9.17) is 20.2 Å². The Bertz CT molecular complexity index is 1490. The van der Waals surface area contributed by atoms with Crippen LogP contribution in [0.25, 0.3) is 11.3 Å². The van der Waals surface area contributed by atoms with Gasteiger partial charge in [-0.15, -0.1) is 4.91 Å². The fourth-order valence-corrected chi connectivity index (χ4v) is 4.84. The summed E-state index contributed by atoms with van der Waals surface area (Å²) in [6.45, 7) is 7.19. The van der Waals surface area contributed by atoms with Gasteiger partial charge >= 0.3 is 5.69 Å². The standard InChI is InChI=1S/C27H32N6O4/c1-16-10-17(2)26(18(3)11-16)31-25-14-21-20-13-23(37-5)22(36-4)12-19(20)6-8-32(21)27(34)33(25)9-7-29-24(28)15-30-35/h10-15,29H,6-9,28H2,1-5H3/b24-15+,31-25+. The van der Waals surface area contributed by atoms with Gasteiger partial charge in [0, 0.05) is 31.3 Å². The minimum atomic E-state index is -0.183. The molecule has 0 spiro atoms. The molecule has 0 aliphatic carbocycles. The average molecular weight is 505 g/mol. The number of nitrogens with two attached hydrogens (primary N) is 1. The summed E-state index contributed by atoms with van der Waals surface area (Å²) in [7, 11) is 3.20. The van der Waals surface area contributed by atoms with Crippen LogP contribution in [-0.2, 0) is 19.5 Å². The van der Waals surface area contributed by atoms with Crippen LogP contribution in [0.5, 0.6) is 11.5 Å². The summed E-state index contributed by atoms with van der Waals surface area (Å²) in [6, 6.07) is 9.97. The molecule has 3 N–H and O–H groups in total. The Morgan fingerprint density at radius 1 is 1.08 bits per heavy atom. The van der Waals surface area contributed by atoms with E-state index in [9.17, 15) is 9.70 Å². The highest BCUT2D eigenvalue weighted by atomic mass is 16.5. The topological polar surface area (TPSA) is 125 Å². The first-order chi connectivity index (χ1) is 17.8. The van der Waals surface area contributed by atoms with E-state index in [0.29, 0.717) is 36.5 Å². The van der Waals surface area contributed by atoms with Crippen molar-refractivity contribution < 1.29 is 9.47 Å². The van der Waals surface area contributed by atoms with Gasteiger partial charge in [-0.1, -0.05) is 17.7 Å². The second-order valence-corrected chi connectivity index (χ2v) is 9.06. The molecule has 1 aliphatic rings. The number of rotatable bonds is 8. The molecule has 0 saturated heterocycles. The first-order valence-electron chi connectivity index (χ1n) is 12.0. The predicted octanol–water partition coefficient (Wildman–Crippen LogP) is 3.16. The predicted molar refractivity (Wildman–Crippen MR) is 143 cm³/mol. The number of nitroso groups, excluding NO2 is 1. The van der Waals surface area contributed by atoms with E-state index in [0.717, 1.165) is 45.4 Å². The first-order valence-corrected chi connectivity index (χ1v) is 12.0. The van der Waals surface area contributed by atoms with E-state index in [2.05, 4.69) is 22.6 Å². The van der Waals surface area contributed by atoms with Crippen molar-refractivity contribution in [2.24, 2.45) is 15.9 Å². The second-order valence-electron chi connectivity index (χ2n) is 9.06. The number of aromatic nitrogens is 2. The molecule has 0 fully saturated rings. The number of nitrogens with one attached hydrogen (secondary N) is 1. The van der Waals surface area contributed by atoms with Crippen molar-refractivity contribution in [3.63, 3.8) is 0 Å². The Kier molecular flexibility index (Phi) is 7.47. The van der Waals surface area contributed by atoms with E-state index < -0.39 is 0 Å². The highest BCUT2D eigenvalue weighted by Crippen LogP contribution is 2.37. The zero-order valence-corrected chi connectivity index (χ0v) is 21.8. The van der Waals surface area contributed by atoms with Crippen LogP contribution < -0.4 is 31.7 Å². The Morgan fingerprint density at radius 3 is 2.41 bits per heavy atom. The van der Waals surface area contributed by atoms with E-state index in [1.54, 1.807) is 23.4 Å². The molecule has 0 bridgehead atoms. The van der Waals surface area contributed by atoms with Gasteiger partial charge in [0.25, 0.3) is 0 Å². The lowest BCUT2D eigenvalue weighted by molar-refractivity contribution is 0.354. The SMILES string of the molecule is COc1cc2c(cc1OC)-c1c/c(=N\c3c(C)cc(C)cc3C)n(CCN/C(N)=C/N=O)c(=O)n1CC2. The van der Waals surface area contributed by atoms with E-state index in [-0.39, 0.29) is 18.1 Å². The zero-order chi connectivity index (χ0) is 26.7. The molecule has 10 nitrogen and oxygen atoms in total. The van der Waals surface area contributed by atoms with E-state index >= 15 is 0 Å². The normalized spacial score (nSPS) is 13.1. The molecule has 1 aliphatic heterocycles. The molecule has 2 aromatic carbocycles. The van der Waals surface area contributed by atoms with Crippen LogP contribution in [0.4, 0.5) is 5.69 Å². The highest BCUT2D eigenvalue weighted by Gasteiger charge is 2.22. The molecule has 2 heterocycles. The molecule has 0 unspecified atom stereocenters. The number of hydrogen-bond acceptors (Lipinski definition) is 8. The van der Waals surface area contributed by atoms with Gasteiger partial charge in [0.1, 0.15) is 17.5 Å². The molecule has 0 radical (unpaired) electrons. The molecule has 0 atom stereocenters. The average Bonchev–Trinajstić information content (AvgIpc) is 2.86. The van der Waals surface area contributed by atoms with Crippen LogP contribution in [0.3, 0.4) is 0 Å². The summed E-state index contributed by atoms with van der Waals surface area (Å²) in [6.07, 6.45) is 1.67. The van der Waals surface area contributed by atoms with Gasteiger partial charge in [0.15, 0.2) is 11.5 Å². The monoisotopic (exact) mass is 504 g/mol. The highest BCUT2D eigenvalue weighted by molar-refractivity contribution is 5.70. The third-order valence-corrected chi connectivity index (χ3v) is 6.50. The summed E-state index contributed by atoms with van der Waals surface area (Å²) in [5.74, 6) is 1.38. The zero-order valence-electron chi connectivity index (χ0n) is 21.8. The van der Waals surface area contributed by atoms with Crippen molar-refractivity contribution in [3.05, 3.63) is 85.5 Å². The van der Waals surface area contributed by atoms with Gasteiger partial charge < -0.3 is 20.5 Å². The van der Waals surface area contributed by atoms with Gasteiger partial charge in [-0.05, 0) is 61.2 Å². The lowest BCUT2D eigenvalue weighted by Gasteiger charge is -2.24. The molecule has 0 saturated carbocycles. The number of aryl methyl sites for hydroxylation is 4. The summed E-state index contributed by atoms with van der Waals surface area (Å²) in [5, 5.41) is 5.58. The van der Waals surface area contributed by atoms with Crippen molar-refractivity contribution in [1.82, 2.24) is 14.5 Å². The number of fused-ring (bicyclic) bond motifs is 3. The second kappa shape index (κ2) is 10.7. The third kappa shape index (κ3) is 5.13. The van der Waals surface area contributed by atoms with Crippen molar-refractivity contribution in [2.45, 2.75) is 40.3 Å². The molecule has 3 aromatic rings. The number of benzene rings is 2. The van der Waals surface area contributed by atoms with Crippen molar-refractivity contribution in [2.75, 3.05) is 20.8 Å². The molecular weight excluding hydrogens is 472 g/mol. The summed E-state index contributed by atoms with van der Waals surface area (Å²) in [5.41, 5.74) is 12.8. The van der Waals surface area contributed by atoms with Crippen molar-refractivity contribution in [3.8, 4) is 22.8 Å². The molecular formula is C27H32N6O4. The quantitative estimate of drug-likeness (QED) is 0.454. The number of nitrogens with zero attached hydrogens (tertiary/aromatic N) is 4. The van der Waals surface area contributed by atoms with Gasteiger partial charge in [-0.25, -0.2) is 9.79 Å². The Hall–Kier alpha value is -4.34. The Morgan fingerprint density at radius 2 is 1.76 bits per heavy atom. The Labute approximate surface area is 215 Å². The molecule has 4 rings (SSSR count). The minimum Gasteiger partial charge on any atom is -0.493 e. The van der Waals surface area contributed by atoms with Crippen molar-refractivity contribution >= 4 is 5.69 Å². The Balaban J connectivity index is 1.94. The van der Waals surface area contributed by atoms with Gasteiger partial charge in [0.2, 0.25) is 0 Å². The fourth-order valence-electron chi connectivity index (χ4n) is 4.84. The van der Waals surface area contributed by atoms with Crippen LogP contribution in [0.2, 0.25) is 0 Å². The largest absolute Gasteiger partial charge is 0.493 e. The number of methoxy groups -OCH3 is 2. The van der Waals surface area contributed by atoms with Gasteiger partial charge in [-0.2, -0.15) is 0 Å². The maximum Gasteiger partial charge on any atom is 0.330 e. The lowest BCUT2D eigenvalue weighted by Crippen LogP contribution is -2.44. The first kappa shape index (κ1) is 25.7. The number of hydrogen-bond donors (Lipinski definition) is 2. The maximum absolute atomic E-state index is 13.8. The third-order valence-electron chi connectivity index (χ3n) is 6.50. The minimum absolute atomic E-state index is 0.132. The maximum atomic E-state index is 13.8. The molecule has 194 valence electrons. The van der Waals surface area contributed by atoms with E-state index in [1.807, 2.05) is 39.0 Å². The lowest BCUT2D eigenvalue weighted by atomic mass is 9.97. The van der Waals surface area contributed by atoms with Crippen LogP contribution >= 0.6 is 0 Å². The molecule has 10 heteroatoms. The van der Waals surface area contributed by atoms with Crippen LogP contribution in [0.15, 0.2) is 57.3 Å². The van der Waals surface area contributed by atoms with Crippen LogP contribution in [0.1, 0.15) is 22.3 Å². The van der Waals surface area contributed by atoms with Crippen LogP contribution in [-0.4, -0.2) is 29.9 Å². The van der Waals surface area contributed by atoms with Gasteiger partial charge in [0.05, 0.1) is 25.6 Å². The summed E-state index contributed by atoms with van der Waals surface area (Å²) < 4.78 is 14.4. The molecule has 0 amide bonds. The van der Waals surface area contributed by atoms with Crippen LogP contribution in [0, 0.1) is 25.7 Å². The van der Waals surface area contributed by atoms with E-state index in [1.165, 1.54) is 0 Å². The van der Waals surface area contributed by atoms with Crippen molar-refractivity contribution in [1.29, 1.82) is 0 Å². The molecule has 1 aromatic heterocycles. The summed E-state index contributed by atoms with van der Waals surface area (Å²) >= 11 is 0. The summed E-state index contributed by atoms with van der Waals surface area (Å²) in [4.78, 5) is 29.2. The fraction of sp³-hybridized carbons (Fsp3) is 0.333. The smallest absolute Gasteiger partial charge is 0.330 e. The molecule has 37 heavy (non-hydrogen) atoms. The number of ether oxygens (including phenoxy) is 2. The van der Waals surface area contributed by atoms with Gasteiger partial charge in [-0.3, -0.25) is 9.13 Å².